The van der Waals surface area contributed by atoms with Crippen LogP contribution in [-0.2, 0) is 11.3 Å². The number of aromatic nitrogens is 2. The number of aromatic carboxylic acids is 1. The normalized spacial score (nSPS) is 16.1. The Bertz CT molecular complexity index is 626. The molecular formula is C11H14N4O5. The zero-order chi connectivity index (χ0) is 14.7. The first-order valence-electron chi connectivity index (χ1n) is 6.01. The van der Waals surface area contributed by atoms with Gasteiger partial charge in [-0.05, 0) is 0 Å². The minimum Gasteiger partial charge on any atom is -0.477 e. The molecule has 0 bridgehead atoms. The number of carbonyl (C=O) groups is 2. The summed E-state index contributed by atoms with van der Waals surface area (Å²) in [6, 6.07) is 0. The zero-order valence-corrected chi connectivity index (χ0v) is 10.6. The molecule has 1 aliphatic rings. The third-order valence-corrected chi connectivity index (χ3v) is 3.19. The predicted octanol–water partition coefficient (Wildman–Crippen LogP) is -1.96. The second-order valence-electron chi connectivity index (χ2n) is 4.48. The van der Waals surface area contributed by atoms with E-state index in [1.165, 1.54) is 0 Å². The first-order chi connectivity index (χ1) is 9.51. The average Bonchev–Trinajstić information content (AvgIpc) is 2.42. The molecule has 1 aliphatic heterocycles. The van der Waals surface area contributed by atoms with Gasteiger partial charge in [-0.15, -0.1) is 0 Å². The molecule has 1 saturated heterocycles. The Labute approximate surface area is 112 Å². The highest BCUT2D eigenvalue weighted by Gasteiger charge is 2.21. The van der Waals surface area contributed by atoms with Gasteiger partial charge < -0.3 is 15.0 Å². The standard InChI is InChI=1S/C11H14N4O5/c16-6-15-3-1-14(2-4-15)5-7-8(10(18)19)12-11(20)13-9(7)17/h6H,1-5H2,(H,18,19)(H2,12,13,17,20). The van der Waals surface area contributed by atoms with Crippen LogP contribution in [-0.4, -0.2) is 63.4 Å². The number of carboxylic acid groups (broad SMARTS) is 1. The Hall–Kier alpha value is -2.42. The van der Waals surface area contributed by atoms with Crippen LogP contribution >= 0.6 is 0 Å². The summed E-state index contributed by atoms with van der Waals surface area (Å²) < 4.78 is 0. The van der Waals surface area contributed by atoms with Crippen LogP contribution in [0.1, 0.15) is 16.1 Å². The van der Waals surface area contributed by atoms with Crippen LogP contribution in [0.3, 0.4) is 0 Å². The van der Waals surface area contributed by atoms with E-state index in [9.17, 15) is 19.2 Å². The lowest BCUT2D eigenvalue weighted by molar-refractivity contribution is -0.119. The Morgan fingerprint density at radius 3 is 2.40 bits per heavy atom. The minimum absolute atomic E-state index is 0.0108. The average molecular weight is 282 g/mol. The number of aromatic amines is 2. The third kappa shape index (κ3) is 2.94. The molecule has 1 aromatic heterocycles. The van der Waals surface area contributed by atoms with E-state index < -0.39 is 22.9 Å². The lowest BCUT2D eigenvalue weighted by atomic mass is 10.2. The van der Waals surface area contributed by atoms with Crippen LogP contribution in [0.15, 0.2) is 9.59 Å². The quantitative estimate of drug-likeness (QED) is 0.550. The highest BCUT2D eigenvalue weighted by molar-refractivity contribution is 5.86. The first kappa shape index (κ1) is 14.0. The second kappa shape index (κ2) is 5.70. The number of rotatable bonds is 4. The highest BCUT2D eigenvalue weighted by Crippen LogP contribution is 2.06. The van der Waals surface area contributed by atoms with Crippen molar-refractivity contribution in [2.24, 2.45) is 0 Å². The molecule has 1 aromatic rings. The van der Waals surface area contributed by atoms with E-state index in [1.54, 1.807) is 4.90 Å². The maximum atomic E-state index is 11.7. The van der Waals surface area contributed by atoms with Gasteiger partial charge in [0.05, 0.1) is 5.56 Å². The van der Waals surface area contributed by atoms with Gasteiger partial charge in [0.25, 0.3) is 5.56 Å². The van der Waals surface area contributed by atoms with E-state index in [0.29, 0.717) is 26.2 Å². The molecule has 0 atom stereocenters. The van der Waals surface area contributed by atoms with E-state index in [4.69, 9.17) is 5.11 Å². The topological polar surface area (TPSA) is 127 Å². The number of nitrogens with zero attached hydrogens (tertiary/aromatic N) is 2. The number of amides is 1. The Balaban J connectivity index is 2.21. The second-order valence-corrected chi connectivity index (χ2v) is 4.48. The minimum atomic E-state index is -1.35. The summed E-state index contributed by atoms with van der Waals surface area (Å²) in [4.78, 5) is 52.1. The number of piperazine rings is 1. The van der Waals surface area contributed by atoms with Crippen molar-refractivity contribution in [3.05, 3.63) is 32.1 Å². The fourth-order valence-electron chi connectivity index (χ4n) is 2.10. The summed E-state index contributed by atoms with van der Waals surface area (Å²) in [5.41, 5.74) is -1.93. The van der Waals surface area contributed by atoms with E-state index in [-0.39, 0.29) is 12.1 Å². The molecule has 0 aromatic carbocycles. The molecule has 3 N–H and O–H groups in total. The summed E-state index contributed by atoms with van der Waals surface area (Å²) in [7, 11) is 0. The van der Waals surface area contributed by atoms with Crippen LogP contribution in [0.4, 0.5) is 0 Å². The molecule has 20 heavy (non-hydrogen) atoms. The molecule has 1 amide bonds. The Morgan fingerprint density at radius 1 is 1.20 bits per heavy atom. The number of H-pyrrole nitrogens is 2. The lowest BCUT2D eigenvalue weighted by Gasteiger charge is -2.32. The maximum Gasteiger partial charge on any atom is 0.352 e. The van der Waals surface area contributed by atoms with Crippen LogP contribution in [0.5, 0.6) is 0 Å². The summed E-state index contributed by atoms with van der Waals surface area (Å²) in [6.07, 6.45) is 0.757. The number of carbonyl (C=O) groups excluding carboxylic acids is 1. The SMILES string of the molecule is O=CN1CCN(Cc2c(C(=O)O)[nH]c(=O)[nH]c2=O)CC1. The Morgan fingerprint density at radius 2 is 1.85 bits per heavy atom. The van der Waals surface area contributed by atoms with Crippen LogP contribution in [0, 0.1) is 0 Å². The molecule has 9 heteroatoms. The summed E-state index contributed by atoms with van der Waals surface area (Å²) in [5.74, 6) is -1.35. The van der Waals surface area contributed by atoms with Crippen LogP contribution in [0.2, 0.25) is 0 Å². The summed E-state index contributed by atoms with van der Waals surface area (Å²) in [6.45, 7) is 2.23. The van der Waals surface area contributed by atoms with E-state index in [0.717, 1.165) is 6.41 Å². The van der Waals surface area contributed by atoms with Gasteiger partial charge in [0.15, 0.2) is 0 Å². The van der Waals surface area contributed by atoms with Gasteiger partial charge >= 0.3 is 11.7 Å². The fourth-order valence-corrected chi connectivity index (χ4v) is 2.10. The fraction of sp³-hybridized carbons (Fsp3) is 0.455. The van der Waals surface area contributed by atoms with Crippen LogP contribution < -0.4 is 11.2 Å². The lowest BCUT2D eigenvalue weighted by Crippen LogP contribution is -2.46. The van der Waals surface area contributed by atoms with Gasteiger partial charge in [0.2, 0.25) is 6.41 Å². The van der Waals surface area contributed by atoms with Gasteiger partial charge in [-0.2, -0.15) is 0 Å². The van der Waals surface area contributed by atoms with Gasteiger partial charge in [-0.25, -0.2) is 9.59 Å². The molecule has 9 nitrogen and oxygen atoms in total. The zero-order valence-electron chi connectivity index (χ0n) is 10.6. The molecule has 108 valence electrons. The van der Waals surface area contributed by atoms with Crippen molar-refractivity contribution in [2.75, 3.05) is 26.2 Å². The molecule has 0 unspecified atom stereocenters. The highest BCUT2D eigenvalue weighted by atomic mass is 16.4. The summed E-state index contributed by atoms with van der Waals surface area (Å²) in [5, 5.41) is 9.03. The molecule has 0 saturated carbocycles. The van der Waals surface area contributed by atoms with Crippen molar-refractivity contribution >= 4 is 12.4 Å². The summed E-state index contributed by atoms with van der Waals surface area (Å²) >= 11 is 0. The number of hydrogen-bond donors (Lipinski definition) is 3. The monoisotopic (exact) mass is 282 g/mol. The third-order valence-electron chi connectivity index (χ3n) is 3.19. The molecule has 2 rings (SSSR count). The molecule has 0 spiro atoms. The number of nitrogens with one attached hydrogen (secondary N) is 2. The Kier molecular flexibility index (Phi) is 3.99. The van der Waals surface area contributed by atoms with Crippen molar-refractivity contribution in [1.82, 2.24) is 19.8 Å². The van der Waals surface area contributed by atoms with Crippen molar-refractivity contribution in [2.45, 2.75) is 6.54 Å². The maximum absolute atomic E-state index is 11.7. The smallest absolute Gasteiger partial charge is 0.352 e. The van der Waals surface area contributed by atoms with E-state index in [1.807, 2.05) is 9.88 Å². The van der Waals surface area contributed by atoms with Crippen molar-refractivity contribution in [3.63, 3.8) is 0 Å². The van der Waals surface area contributed by atoms with Crippen molar-refractivity contribution in [3.8, 4) is 0 Å². The van der Waals surface area contributed by atoms with E-state index >= 15 is 0 Å². The van der Waals surface area contributed by atoms with Gasteiger partial charge in [0.1, 0.15) is 5.69 Å². The van der Waals surface area contributed by atoms with Crippen LogP contribution in [0.25, 0.3) is 0 Å². The van der Waals surface area contributed by atoms with Gasteiger partial charge in [-0.3, -0.25) is 19.5 Å². The molecule has 1 fully saturated rings. The van der Waals surface area contributed by atoms with Crippen molar-refractivity contribution in [1.29, 1.82) is 0 Å². The number of hydrogen-bond acceptors (Lipinski definition) is 5. The molecule has 0 aliphatic carbocycles. The van der Waals surface area contributed by atoms with Gasteiger partial charge in [-0.1, -0.05) is 0 Å². The van der Waals surface area contributed by atoms with Gasteiger partial charge in [0, 0.05) is 32.7 Å². The molecule has 0 radical (unpaired) electrons. The largest absolute Gasteiger partial charge is 0.477 e. The van der Waals surface area contributed by atoms with E-state index in [2.05, 4.69) is 4.98 Å². The predicted molar refractivity (Wildman–Crippen MR) is 67.6 cm³/mol. The first-order valence-corrected chi connectivity index (χ1v) is 6.01. The molecular weight excluding hydrogens is 268 g/mol. The van der Waals surface area contributed by atoms with Crippen molar-refractivity contribution < 1.29 is 14.7 Å². The molecule has 2 heterocycles. The number of carboxylic acids is 1.